The Bertz CT molecular complexity index is 1180. The van der Waals surface area contributed by atoms with Crippen LogP contribution >= 0.6 is 0 Å². The molecule has 0 saturated heterocycles. The van der Waals surface area contributed by atoms with Crippen molar-refractivity contribution in [3.63, 3.8) is 0 Å². The molecule has 136 valence electrons. The number of rotatable bonds is 2. The SMILES string of the molecule is N#CC(C#N)=C1CC2C(=C(c3ccccc3)c3ccccc3)C1c1ccccc12. The summed E-state index contributed by atoms with van der Waals surface area (Å²) in [7, 11) is 0. The Hall–Kier alpha value is -3.88. The van der Waals surface area contributed by atoms with Crippen molar-refractivity contribution in [2.24, 2.45) is 0 Å². The van der Waals surface area contributed by atoms with Crippen LogP contribution in [-0.4, -0.2) is 0 Å². The molecule has 3 aromatic carbocycles. The zero-order valence-electron chi connectivity index (χ0n) is 15.8. The van der Waals surface area contributed by atoms with E-state index in [0.717, 1.165) is 12.0 Å². The Kier molecular flexibility index (Phi) is 4.12. The third-order valence-corrected chi connectivity index (χ3v) is 6.10. The average molecular weight is 370 g/mol. The van der Waals surface area contributed by atoms with Gasteiger partial charge in [-0.1, -0.05) is 84.9 Å². The number of nitriles is 2. The van der Waals surface area contributed by atoms with E-state index in [4.69, 9.17) is 0 Å². The van der Waals surface area contributed by atoms with E-state index >= 15 is 0 Å². The number of nitrogens with zero attached hydrogens (tertiary/aromatic N) is 2. The van der Waals surface area contributed by atoms with Gasteiger partial charge in [0.15, 0.2) is 0 Å². The van der Waals surface area contributed by atoms with Gasteiger partial charge < -0.3 is 0 Å². The average Bonchev–Trinajstić information content (AvgIpc) is 3.30. The maximum absolute atomic E-state index is 9.58. The second-order valence-electron chi connectivity index (χ2n) is 7.50. The lowest BCUT2D eigenvalue weighted by Gasteiger charge is -2.17. The van der Waals surface area contributed by atoms with Crippen LogP contribution in [0.3, 0.4) is 0 Å². The van der Waals surface area contributed by atoms with E-state index in [1.54, 1.807) is 0 Å². The van der Waals surface area contributed by atoms with Crippen LogP contribution < -0.4 is 0 Å². The first kappa shape index (κ1) is 17.2. The van der Waals surface area contributed by atoms with Gasteiger partial charge in [-0.2, -0.15) is 10.5 Å². The first-order chi connectivity index (χ1) is 14.3. The van der Waals surface area contributed by atoms with Gasteiger partial charge in [-0.05, 0) is 45.4 Å². The molecule has 0 radical (unpaired) electrons. The predicted octanol–water partition coefficient (Wildman–Crippen LogP) is 6.12. The summed E-state index contributed by atoms with van der Waals surface area (Å²) in [6.07, 6.45) is 0.747. The van der Waals surface area contributed by atoms with Gasteiger partial charge in [0.05, 0.1) is 0 Å². The summed E-state index contributed by atoms with van der Waals surface area (Å²) in [5.41, 5.74) is 8.70. The van der Waals surface area contributed by atoms with E-state index in [1.165, 1.54) is 33.4 Å². The van der Waals surface area contributed by atoms with Crippen molar-refractivity contribution in [2.75, 3.05) is 0 Å². The zero-order chi connectivity index (χ0) is 19.8. The standard InChI is InChI=1S/C27H18N2/c28-16-20(17-29)23-15-24-21-13-7-8-14-22(21)26(23)27(24)25(18-9-3-1-4-10-18)19-11-5-2-6-12-19/h1-14,24,26H,15H2. The Morgan fingerprint density at radius 2 is 1.21 bits per heavy atom. The maximum atomic E-state index is 9.58. The van der Waals surface area contributed by atoms with Crippen molar-refractivity contribution in [3.8, 4) is 12.1 Å². The van der Waals surface area contributed by atoms with Crippen molar-refractivity contribution in [2.45, 2.75) is 18.3 Å². The van der Waals surface area contributed by atoms with Gasteiger partial charge in [0, 0.05) is 11.8 Å². The summed E-state index contributed by atoms with van der Waals surface area (Å²) >= 11 is 0. The normalized spacial score (nSPS) is 18.7. The van der Waals surface area contributed by atoms with Gasteiger partial charge in [-0.25, -0.2) is 0 Å². The summed E-state index contributed by atoms with van der Waals surface area (Å²) in [4.78, 5) is 0. The quantitative estimate of drug-likeness (QED) is 0.510. The maximum Gasteiger partial charge on any atom is 0.129 e. The molecule has 0 spiro atoms. The largest absolute Gasteiger partial charge is 0.192 e. The van der Waals surface area contributed by atoms with Gasteiger partial charge in [0.25, 0.3) is 0 Å². The lowest BCUT2D eigenvalue weighted by molar-refractivity contribution is 0.850. The summed E-state index contributed by atoms with van der Waals surface area (Å²) in [5, 5.41) is 19.2. The lowest BCUT2D eigenvalue weighted by Crippen LogP contribution is -2.03. The highest BCUT2D eigenvalue weighted by Gasteiger charge is 2.47. The number of allylic oxidation sites excluding steroid dienone is 3. The molecule has 2 aliphatic carbocycles. The number of hydrogen-bond acceptors (Lipinski definition) is 2. The van der Waals surface area contributed by atoms with Crippen molar-refractivity contribution < 1.29 is 0 Å². The smallest absolute Gasteiger partial charge is 0.129 e. The molecule has 29 heavy (non-hydrogen) atoms. The third kappa shape index (κ3) is 2.62. The molecule has 0 amide bonds. The minimum absolute atomic E-state index is 0.000845. The van der Waals surface area contributed by atoms with E-state index in [9.17, 15) is 10.5 Å². The van der Waals surface area contributed by atoms with Gasteiger partial charge in [0.1, 0.15) is 17.7 Å². The fraction of sp³-hybridized carbons (Fsp3) is 0.111. The molecule has 2 aliphatic rings. The van der Waals surface area contributed by atoms with Crippen molar-refractivity contribution in [1.29, 1.82) is 10.5 Å². The van der Waals surface area contributed by atoms with Crippen LogP contribution in [0.1, 0.15) is 40.5 Å². The van der Waals surface area contributed by atoms with Crippen molar-refractivity contribution in [1.82, 2.24) is 0 Å². The summed E-state index contributed by atoms with van der Waals surface area (Å²) in [6.45, 7) is 0. The number of benzene rings is 3. The fourth-order valence-electron chi connectivity index (χ4n) is 5.00. The van der Waals surface area contributed by atoms with Gasteiger partial charge >= 0.3 is 0 Å². The van der Waals surface area contributed by atoms with Gasteiger partial charge in [-0.3, -0.25) is 0 Å². The minimum Gasteiger partial charge on any atom is -0.192 e. The van der Waals surface area contributed by atoms with E-state index in [2.05, 4.69) is 84.9 Å². The summed E-state index contributed by atoms with van der Waals surface area (Å²) in [6, 6.07) is 33.7. The highest BCUT2D eigenvalue weighted by Crippen LogP contribution is 2.62. The Labute approximate surface area is 170 Å². The Morgan fingerprint density at radius 1 is 0.690 bits per heavy atom. The van der Waals surface area contributed by atoms with Crippen LogP contribution in [0.25, 0.3) is 5.57 Å². The highest BCUT2D eigenvalue weighted by atomic mass is 14.5. The molecule has 1 saturated carbocycles. The highest BCUT2D eigenvalue weighted by molar-refractivity contribution is 5.87. The lowest BCUT2D eigenvalue weighted by atomic mass is 9.85. The zero-order valence-corrected chi connectivity index (χ0v) is 15.8. The molecular weight excluding hydrogens is 352 g/mol. The second-order valence-corrected chi connectivity index (χ2v) is 7.50. The first-order valence-electron chi connectivity index (χ1n) is 9.80. The van der Waals surface area contributed by atoms with E-state index in [0.29, 0.717) is 0 Å². The molecule has 0 N–H and O–H groups in total. The summed E-state index contributed by atoms with van der Waals surface area (Å²) < 4.78 is 0. The molecule has 2 bridgehead atoms. The third-order valence-electron chi connectivity index (χ3n) is 6.10. The molecule has 0 heterocycles. The topological polar surface area (TPSA) is 47.6 Å². The molecule has 2 heteroatoms. The van der Waals surface area contributed by atoms with E-state index in [-0.39, 0.29) is 17.4 Å². The molecule has 1 fully saturated rings. The van der Waals surface area contributed by atoms with Crippen LogP contribution in [0, 0.1) is 22.7 Å². The van der Waals surface area contributed by atoms with Gasteiger partial charge in [-0.15, -0.1) is 0 Å². The van der Waals surface area contributed by atoms with Crippen LogP contribution in [0.15, 0.2) is 102 Å². The van der Waals surface area contributed by atoms with E-state index in [1.807, 2.05) is 12.1 Å². The second kappa shape index (κ2) is 6.93. The van der Waals surface area contributed by atoms with Crippen LogP contribution in [0.2, 0.25) is 0 Å². The monoisotopic (exact) mass is 370 g/mol. The van der Waals surface area contributed by atoms with E-state index < -0.39 is 0 Å². The summed E-state index contributed by atoms with van der Waals surface area (Å²) in [5.74, 6) is 0.208. The van der Waals surface area contributed by atoms with Crippen molar-refractivity contribution >= 4 is 5.57 Å². The number of hydrogen-bond donors (Lipinski definition) is 0. The van der Waals surface area contributed by atoms with Crippen LogP contribution in [0.5, 0.6) is 0 Å². The van der Waals surface area contributed by atoms with Crippen LogP contribution in [-0.2, 0) is 0 Å². The Morgan fingerprint density at radius 3 is 1.76 bits per heavy atom. The molecular formula is C27H18N2. The minimum atomic E-state index is 0.000845. The molecule has 2 unspecified atom stereocenters. The molecule has 0 aromatic heterocycles. The van der Waals surface area contributed by atoms with Crippen LogP contribution in [0.4, 0.5) is 0 Å². The molecule has 2 atom stereocenters. The fourth-order valence-corrected chi connectivity index (χ4v) is 5.00. The predicted molar refractivity (Wildman–Crippen MR) is 114 cm³/mol. The molecule has 2 nitrogen and oxygen atoms in total. The van der Waals surface area contributed by atoms with Gasteiger partial charge in [0.2, 0.25) is 0 Å². The molecule has 5 rings (SSSR count). The first-order valence-corrected chi connectivity index (χ1v) is 9.80. The molecule has 0 aliphatic heterocycles. The van der Waals surface area contributed by atoms with Crippen molar-refractivity contribution in [3.05, 3.63) is 124 Å². The number of fused-ring (bicyclic) bond motifs is 5. The molecule has 3 aromatic rings. The Balaban J connectivity index is 1.86.